The molecular formula is C84H104F3NSe11. The number of nitrogens with zero attached hydrogens (tertiary/aromatic N) is 1. The minimum atomic E-state index is -4.19. The van der Waals surface area contributed by atoms with Crippen LogP contribution in [-0.4, -0.2) is 165 Å². The molecule has 0 radical (unpaired) electrons. The molecule has 15 heteroatoms. The van der Waals surface area contributed by atoms with E-state index in [0.29, 0.717) is 188 Å². The zero-order chi connectivity index (χ0) is 73.8. The maximum atomic E-state index is 12.7. The van der Waals surface area contributed by atoms with Crippen molar-refractivity contribution in [3.8, 4) is 0 Å². The molecule has 14 rings (SSSR count). The average Bonchev–Trinajstić information content (AvgIpc) is 1.71. The Balaban J connectivity index is 0.000000148. The molecular weight excluding hydrogens is 1950 g/mol. The van der Waals surface area contributed by atoms with Crippen molar-refractivity contribution >= 4 is 224 Å². The number of alkyl halides is 3. The Morgan fingerprint density at radius 3 is 1.20 bits per heavy atom. The van der Waals surface area contributed by atoms with E-state index >= 15 is 0 Å². The van der Waals surface area contributed by atoms with Crippen molar-refractivity contribution in [2.24, 2.45) is 0 Å². The normalized spacial score (nSPS) is 12.6. The number of pyridine rings is 1. The standard InChI is InChI=1S/C17H18Se.C12H15NSe.C11H15F3Se.4C11H14Se2/c1-11-14-9-12-7-5-6-8-13(12)10-15(14)18-16(11)17(2,3)4;1-8-9-6-5-7-13-11(9)14-10(8)12(2,3)4;1-6-8(11(12,13)14)7(2)15-9(6)10(3,4)5;1-7-9(11(2,3)4)10-8(13-7)5-6-12-10;1-7-9(11(2,3)4)8-5-6-12-10(8)13-7;1-7-9-8(5-6-12-9)13-10(7)11(2,3)4;1-7-8-5-6-12-10(8)13-9(7)11(2,3)4/h5-10H,1-4H3;5-7H,1-4H3;1-5H3;4*5-6H,1-4H3. The van der Waals surface area contributed by atoms with Crippen LogP contribution >= 0.6 is 0 Å². The summed E-state index contributed by atoms with van der Waals surface area (Å²) in [6.07, 6.45) is -2.29. The van der Waals surface area contributed by atoms with E-state index in [1.54, 1.807) is 101 Å². The SMILES string of the molecule is Cc1[se]c(C(C)(C)C)c(C)c1C(F)(F)F.Cc1[se]c2[se]ccc2c1C(C)(C)C.Cc1[se]c2cc[se]c2c1C(C)(C)C.Cc1c(C(C)(C)C)[se]c2[se]ccc12.Cc1c(C(C)(C)C)[se]c2cc3ccccc3cc12.Cc1c(C(C)(C)C)[se]c2cc[se]c12.Cc1c(C(C)(C)C)[se]c2ncccc12. The van der Waals surface area contributed by atoms with Gasteiger partial charge in [0.15, 0.2) is 0 Å². The van der Waals surface area contributed by atoms with Crippen molar-refractivity contribution < 1.29 is 13.2 Å². The number of hydrogen-bond acceptors (Lipinski definition) is 1. The molecule has 1 nitrogen and oxygen atoms in total. The molecule has 0 aliphatic heterocycles. The van der Waals surface area contributed by atoms with Gasteiger partial charge in [-0.2, -0.15) is 0 Å². The summed E-state index contributed by atoms with van der Waals surface area (Å²) in [5, 5.41) is 8.79. The van der Waals surface area contributed by atoms with Crippen LogP contribution in [0.1, 0.15) is 225 Å². The van der Waals surface area contributed by atoms with E-state index in [1.807, 2.05) is 33.0 Å². The van der Waals surface area contributed by atoms with Gasteiger partial charge in [0.2, 0.25) is 0 Å². The van der Waals surface area contributed by atoms with Crippen molar-refractivity contribution in [3.63, 3.8) is 0 Å². The molecule has 2 aromatic carbocycles. The van der Waals surface area contributed by atoms with E-state index in [1.165, 1.54) is 37.1 Å². The Morgan fingerprint density at radius 2 is 0.717 bits per heavy atom. The number of halogens is 3. The van der Waals surface area contributed by atoms with Crippen molar-refractivity contribution in [1.29, 1.82) is 0 Å². The number of aromatic nitrogens is 1. The number of fused-ring (bicyclic) bond motifs is 7. The number of hydrogen-bond donors (Lipinski definition) is 0. The van der Waals surface area contributed by atoms with Gasteiger partial charge in [-0.1, -0.05) is 0 Å². The van der Waals surface area contributed by atoms with Gasteiger partial charge in [-0.15, -0.1) is 0 Å². The third kappa shape index (κ3) is 20.1. The van der Waals surface area contributed by atoms with Gasteiger partial charge in [0.25, 0.3) is 0 Å². The van der Waals surface area contributed by atoms with Gasteiger partial charge >= 0.3 is 666 Å². The third-order valence-electron chi connectivity index (χ3n) is 17.1. The summed E-state index contributed by atoms with van der Waals surface area (Å²) in [6.45, 7) is 64.8. The van der Waals surface area contributed by atoms with E-state index in [4.69, 9.17) is 0 Å². The first-order chi connectivity index (χ1) is 45.5. The second-order valence-electron chi connectivity index (χ2n) is 33.0. The second kappa shape index (κ2) is 32.6. The van der Waals surface area contributed by atoms with Crippen LogP contribution in [0.5, 0.6) is 0 Å². The molecule has 0 N–H and O–H groups in total. The fourth-order valence-corrected chi connectivity index (χ4v) is 45.4. The zero-order valence-electron chi connectivity index (χ0n) is 63.9. The summed E-state index contributed by atoms with van der Waals surface area (Å²) in [7, 11) is 0. The molecule has 0 unspecified atom stereocenters. The molecule has 0 saturated heterocycles. The number of rotatable bonds is 0. The summed E-state index contributed by atoms with van der Waals surface area (Å²) < 4.78 is 62.8. The van der Waals surface area contributed by atoms with Gasteiger partial charge in [-0.25, -0.2) is 0 Å². The van der Waals surface area contributed by atoms with Crippen LogP contribution in [-0.2, 0) is 44.1 Å². The summed E-state index contributed by atoms with van der Waals surface area (Å²) in [4.78, 5) is 13.9. The quantitative estimate of drug-likeness (QED) is 0.138. The monoisotopic (exact) mass is 2060 g/mol. The first-order valence-electron chi connectivity index (χ1n) is 33.8. The van der Waals surface area contributed by atoms with Crippen LogP contribution in [0.25, 0.3) is 64.3 Å². The van der Waals surface area contributed by atoms with Gasteiger partial charge in [-0.05, 0) is 0 Å². The van der Waals surface area contributed by atoms with Crippen molar-refractivity contribution in [1.82, 2.24) is 4.98 Å². The van der Waals surface area contributed by atoms with E-state index in [2.05, 4.69) is 258 Å². The van der Waals surface area contributed by atoms with Crippen LogP contribution < -0.4 is 0 Å². The molecule has 0 aliphatic carbocycles. The van der Waals surface area contributed by atoms with Crippen LogP contribution in [0.2, 0.25) is 0 Å². The average molecular weight is 2050 g/mol. The van der Waals surface area contributed by atoms with Crippen LogP contribution in [0, 0.1) is 55.4 Å². The van der Waals surface area contributed by atoms with E-state index < -0.39 is 6.18 Å². The molecule has 0 fully saturated rings. The molecule has 0 bridgehead atoms. The second-order valence-corrected chi connectivity index (χ2v) is 59.8. The topological polar surface area (TPSA) is 12.9 Å². The third-order valence-corrected chi connectivity index (χ3v) is 50.7. The molecule has 532 valence electrons. The maximum absolute atomic E-state index is 12.7. The van der Waals surface area contributed by atoms with Gasteiger partial charge in [0.1, 0.15) is 0 Å². The number of aryl methyl sites for hydroxylation is 7. The fraction of sp³-hybridized carbons (Fsp3) is 0.440. The molecule has 12 heterocycles. The Morgan fingerprint density at radius 1 is 0.303 bits per heavy atom. The fourth-order valence-electron chi connectivity index (χ4n) is 13.2. The summed E-state index contributed by atoms with van der Waals surface area (Å²) >= 11 is 6.09. The summed E-state index contributed by atoms with van der Waals surface area (Å²) in [6, 6.07) is 27.1. The van der Waals surface area contributed by atoms with E-state index in [0.717, 1.165) is 4.44 Å². The molecule has 0 atom stereocenters. The summed E-state index contributed by atoms with van der Waals surface area (Å²) in [5.74, 6) is 0. The molecule has 12 aromatic heterocycles. The van der Waals surface area contributed by atoms with Gasteiger partial charge in [0, 0.05) is 0 Å². The van der Waals surface area contributed by atoms with E-state index in [-0.39, 0.29) is 25.5 Å². The van der Waals surface area contributed by atoms with Crippen molar-refractivity contribution in [2.75, 3.05) is 0 Å². The van der Waals surface area contributed by atoms with Gasteiger partial charge in [0.05, 0.1) is 0 Å². The van der Waals surface area contributed by atoms with Crippen LogP contribution in [0.15, 0.2) is 98.8 Å². The van der Waals surface area contributed by atoms with Crippen LogP contribution in [0.3, 0.4) is 0 Å². The van der Waals surface area contributed by atoms with Gasteiger partial charge in [-0.3, -0.25) is 0 Å². The van der Waals surface area contributed by atoms with Crippen molar-refractivity contribution in [3.05, 3.63) is 179 Å². The van der Waals surface area contributed by atoms with E-state index in [9.17, 15) is 13.2 Å². The zero-order valence-corrected chi connectivity index (χ0v) is 82.7. The van der Waals surface area contributed by atoms with Crippen LogP contribution in [0.4, 0.5) is 13.2 Å². The predicted octanol–water partition coefficient (Wildman–Crippen LogP) is 21.5. The molecule has 0 aliphatic rings. The minimum absolute atomic E-state index is 0.132. The van der Waals surface area contributed by atoms with Gasteiger partial charge < -0.3 is 0 Å². The summed E-state index contributed by atoms with van der Waals surface area (Å²) in [5.41, 5.74) is 11.5. The van der Waals surface area contributed by atoms with Crippen molar-refractivity contribution in [2.45, 2.75) is 245 Å². The first-order valence-corrected chi connectivity index (χ1v) is 53.2. The first kappa shape index (κ1) is 83.8. The Hall–Kier alpha value is -0.806. The molecule has 0 spiro atoms. The Bertz CT molecular complexity index is 4870. The Labute approximate surface area is 657 Å². The molecule has 0 amide bonds. The molecule has 99 heavy (non-hydrogen) atoms. The number of benzene rings is 2. The molecule has 14 aromatic rings. The molecule has 0 saturated carbocycles. The Kier molecular flexibility index (Phi) is 27.6. The predicted molar refractivity (Wildman–Crippen MR) is 446 cm³/mol.